The molecule has 0 bridgehead atoms. The van der Waals surface area contributed by atoms with Gasteiger partial charge in [-0.2, -0.15) is 0 Å². The number of methoxy groups -OCH3 is 1. The topological polar surface area (TPSA) is 49.8 Å². The number of hydrogen-bond acceptors (Lipinski definition) is 4. The van der Waals surface area contributed by atoms with E-state index < -0.39 is 0 Å². The summed E-state index contributed by atoms with van der Waals surface area (Å²) >= 11 is 0. The van der Waals surface area contributed by atoms with Crippen molar-refractivity contribution in [1.29, 1.82) is 0 Å². The zero-order chi connectivity index (χ0) is 13.8. The van der Waals surface area contributed by atoms with Gasteiger partial charge in [0.25, 0.3) is 0 Å². The largest absolute Gasteiger partial charge is 0.465 e. The van der Waals surface area contributed by atoms with E-state index in [1.807, 2.05) is 25.2 Å². The summed E-state index contributed by atoms with van der Waals surface area (Å²) in [6, 6.07) is 7.87. The van der Waals surface area contributed by atoms with Gasteiger partial charge in [0.1, 0.15) is 0 Å². The lowest BCUT2D eigenvalue weighted by Gasteiger charge is -2.35. The lowest BCUT2D eigenvalue weighted by atomic mass is 9.91. The highest BCUT2D eigenvalue weighted by molar-refractivity contribution is 5.95. The third kappa shape index (κ3) is 3.07. The number of esters is 1. The standard InChI is InChI=1S/C15H21NO3/c1-16(11-7-9-12(17)10-8-11)14-6-4-3-5-13(14)15(18)19-2/h3-6,11-12,17H,7-10H2,1-2H3. The van der Waals surface area contributed by atoms with Crippen LogP contribution in [0, 0.1) is 0 Å². The number of carbonyl (C=O) groups excluding carboxylic acids is 1. The second-order valence-electron chi connectivity index (χ2n) is 5.08. The van der Waals surface area contributed by atoms with Crippen molar-refractivity contribution in [3.63, 3.8) is 0 Å². The quantitative estimate of drug-likeness (QED) is 0.849. The number of rotatable bonds is 3. The molecular weight excluding hydrogens is 242 g/mol. The Bertz CT molecular complexity index is 439. The molecule has 2 rings (SSSR count). The lowest BCUT2D eigenvalue weighted by Crippen LogP contribution is -2.37. The van der Waals surface area contributed by atoms with E-state index in [0.29, 0.717) is 11.6 Å². The number of benzene rings is 1. The molecule has 0 amide bonds. The molecule has 1 fully saturated rings. The van der Waals surface area contributed by atoms with Crippen molar-refractivity contribution in [1.82, 2.24) is 0 Å². The van der Waals surface area contributed by atoms with Crippen LogP contribution in [0.4, 0.5) is 5.69 Å². The smallest absolute Gasteiger partial charge is 0.339 e. The summed E-state index contributed by atoms with van der Waals surface area (Å²) in [7, 11) is 3.40. The summed E-state index contributed by atoms with van der Waals surface area (Å²) in [5, 5.41) is 9.57. The highest BCUT2D eigenvalue weighted by Gasteiger charge is 2.25. The van der Waals surface area contributed by atoms with Crippen molar-refractivity contribution < 1.29 is 14.6 Å². The van der Waals surface area contributed by atoms with Crippen molar-refractivity contribution in [3.05, 3.63) is 29.8 Å². The van der Waals surface area contributed by atoms with Crippen LogP contribution in [-0.4, -0.2) is 37.4 Å². The first-order valence-corrected chi connectivity index (χ1v) is 6.71. The van der Waals surface area contributed by atoms with Crippen LogP contribution in [0.1, 0.15) is 36.0 Å². The Hall–Kier alpha value is -1.55. The number of para-hydroxylation sites is 1. The van der Waals surface area contributed by atoms with Crippen molar-refractivity contribution in [2.24, 2.45) is 0 Å². The summed E-state index contributed by atoms with van der Waals surface area (Å²) < 4.78 is 4.83. The molecule has 0 radical (unpaired) electrons. The van der Waals surface area contributed by atoms with E-state index in [4.69, 9.17) is 4.74 Å². The molecular formula is C15H21NO3. The minimum Gasteiger partial charge on any atom is -0.465 e. The number of aliphatic hydroxyl groups excluding tert-OH is 1. The van der Waals surface area contributed by atoms with Gasteiger partial charge in [0.05, 0.1) is 24.5 Å². The summed E-state index contributed by atoms with van der Waals surface area (Å²) in [6.07, 6.45) is 3.39. The minimum absolute atomic E-state index is 0.166. The Morgan fingerprint density at radius 3 is 2.53 bits per heavy atom. The van der Waals surface area contributed by atoms with E-state index in [1.54, 1.807) is 6.07 Å². The third-order valence-corrected chi connectivity index (χ3v) is 3.90. The Kier molecular flexibility index (Phi) is 4.43. The highest BCUT2D eigenvalue weighted by atomic mass is 16.5. The van der Waals surface area contributed by atoms with Crippen LogP contribution in [0.2, 0.25) is 0 Å². The van der Waals surface area contributed by atoms with Crippen LogP contribution in [0.3, 0.4) is 0 Å². The molecule has 4 heteroatoms. The fourth-order valence-corrected chi connectivity index (χ4v) is 2.71. The van der Waals surface area contributed by atoms with Gasteiger partial charge in [0.15, 0.2) is 0 Å². The number of hydrogen-bond donors (Lipinski definition) is 1. The molecule has 19 heavy (non-hydrogen) atoms. The van der Waals surface area contributed by atoms with E-state index in [0.717, 1.165) is 31.4 Å². The lowest BCUT2D eigenvalue weighted by molar-refractivity contribution is 0.0601. The van der Waals surface area contributed by atoms with Crippen molar-refractivity contribution in [3.8, 4) is 0 Å². The Labute approximate surface area is 114 Å². The van der Waals surface area contributed by atoms with Gasteiger partial charge in [-0.05, 0) is 37.8 Å². The second-order valence-corrected chi connectivity index (χ2v) is 5.08. The molecule has 1 aliphatic carbocycles. The molecule has 0 atom stereocenters. The maximum atomic E-state index is 11.8. The van der Waals surface area contributed by atoms with Crippen molar-refractivity contribution in [2.45, 2.75) is 37.8 Å². The van der Waals surface area contributed by atoms with Crippen LogP contribution in [0.5, 0.6) is 0 Å². The molecule has 1 N–H and O–H groups in total. The minimum atomic E-state index is -0.307. The van der Waals surface area contributed by atoms with Gasteiger partial charge in [-0.1, -0.05) is 12.1 Å². The highest BCUT2D eigenvalue weighted by Crippen LogP contribution is 2.28. The monoisotopic (exact) mass is 263 g/mol. The first-order chi connectivity index (χ1) is 9.13. The first-order valence-electron chi connectivity index (χ1n) is 6.71. The zero-order valence-corrected chi connectivity index (χ0v) is 11.5. The normalized spacial score (nSPS) is 22.9. The molecule has 0 aromatic heterocycles. The fraction of sp³-hybridized carbons (Fsp3) is 0.533. The molecule has 0 saturated heterocycles. The van der Waals surface area contributed by atoms with Crippen LogP contribution in [0.25, 0.3) is 0 Å². The van der Waals surface area contributed by atoms with Crippen LogP contribution in [0.15, 0.2) is 24.3 Å². The molecule has 4 nitrogen and oxygen atoms in total. The van der Waals surface area contributed by atoms with E-state index in [9.17, 15) is 9.90 Å². The molecule has 104 valence electrons. The first kappa shape index (κ1) is 13.9. The summed E-state index contributed by atoms with van der Waals surface area (Å²) in [6.45, 7) is 0. The average Bonchev–Trinajstić information content (AvgIpc) is 2.46. The third-order valence-electron chi connectivity index (χ3n) is 3.90. The van der Waals surface area contributed by atoms with Gasteiger partial charge < -0.3 is 14.7 Å². The van der Waals surface area contributed by atoms with Crippen molar-refractivity contribution in [2.75, 3.05) is 19.1 Å². The number of aliphatic hydroxyl groups is 1. The average molecular weight is 263 g/mol. The number of ether oxygens (including phenoxy) is 1. The Morgan fingerprint density at radius 2 is 1.89 bits per heavy atom. The predicted octanol–water partition coefficient (Wildman–Crippen LogP) is 2.21. The molecule has 1 aromatic carbocycles. The van der Waals surface area contributed by atoms with Gasteiger partial charge in [0.2, 0.25) is 0 Å². The Morgan fingerprint density at radius 1 is 1.26 bits per heavy atom. The van der Waals surface area contributed by atoms with Gasteiger partial charge in [-0.15, -0.1) is 0 Å². The van der Waals surface area contributed by atoms with Crippen LogP contribution in [-0.2, 0) is 4.74 Å². The summed E-state index contributed by atoms with van der Waals surface area (Å²) in [5.74, 6) is -0.307. The molecule has 1 saturated carbocycles. The van der Waals surface area contributed by atoms with Crippen LogP contribution < -0.4 is 4.90 Å². The molecule has 1 aliphatic rings. The van der Waals surface area contributed by atoms with Crippen molar-refractivity contribution >= 4 is 11.7 Å². The van der Waals surface area contributed by atoms with E-state index in [2.05, 4.69) is 4.90 Å². The number of carbonyl (C=O) groups is 1. The molecule has 0 heterocycles. The number of nitrogens with zero attached hydrogens (tertiary/aromatic N) is 1. The van der Waals surface area contributed by atoms with E-state index in [-0.39, 0.29) is 12.1 Å². The van der Waals surface area contributed by atoms with Gasteiger partial charge >= 0.3 is 5.97 Å². The number of anilines is 1. The zero-order valence-electron chi connectivity index (χ0n) is 11.5. The van der Waals surface area contributed by atoms with Crippen LogP contribution >= 0.6 is 0 Å². The molecule has 1 aromatic rings. The SMILES string of the molecule is COC(=O)c1ccccc1N(C)C1CCC(O)CC1. The second kappa shape index (κ2) is 6.06. The Balaban J connectivity index is 2.19. The van der Waals surface area contributed by atoms with Gasteiger partial charge in [-0.3, -0.25) is 0 Å². The molecule has 0 spiro atoms. The molecule has 0 unspecified atom stereocenters. The summed E-state index contributed by atoms with van der Waals surface area (Å²) in [5.41, 5.74) is 1.49. The van der Waals surface area contributed by atoms with E-state index in [1.165, 1.54) is 7.11 Å². The predicted molar refractivity (Wildman–Crippen MR) is 74.4 cm³/mol. The summed E-state index contributed by atoms with van der Waals surface area (Å²) in [4.78, 5) is 13.9. The maximum absolute atomic E-state index is 11.8. The maximum Gasteiger partial charge on any atom is 0.339 e. The van der Waals surface area contributed by atoms with Gasteiger partial charge in [0, 0.05) is 13.1 Å². The van der Waals surface area contributed by atoms with Gasteiger partial charge in [-0.25, -0.2) is 4.79 Å². The fourth-order valence-electron chi connectivity index (χ4n) is 2.71. The van der Waals surface area contributed by atoms with E-state index >= 15 is 0 Å². The molecule has 0 aliphatic heterocycles.